The summed E-state index contributed by atoms with van der Waals surface area (Å²) in [6.07, 6.45) is 4.47. The number of alkyl halides is 1. The van der Waals surface area contributed by atoms with Gasteiger partial charge in [-0.2, -0.15) is 0 Å². The lowest BCUT2D eigenvalue weighted by atomic mass is 10.1. The first-order chi connectivity index (χ1) is 10.2. The van der Waals surface area contributed by atoms with E-state index >= 15 is 0 Å². The average Bonchev–Trinajstić information content (AvgIpc) is 2.85. The summed E-state index contributed by atoms with van der Waals surface area (Å²) in [5, 5.41) is 0. The molecular weight excluding hydrogens is 282 g/mol. The molecule has 0 fully saturated rings. The van der Waals surface area contributed by atoms with Crippen molar-refractivity contribution in [3.8, 4) is 0 Å². The van der Waals surface area contributed by atoms with E-state index in [0.29, 0.717) is 5.88 Å². The highest BCUT2D eigenvalue weighted by molar-refractivity contribution is 6.17. The van der Waals surface area contributed by atoms with E-state index in [4.69, 9.17) is 16.6 Å². The van der Waals surface area contributed by atoms with E-state index in [-0.39, 0.29) is 6.04 Å². The minimum atomic E-state index is 0.185. The number of aromatic nitrogens is 3. The largest absolute Gasteiger partial charge is 0.321 e. The van der Waals surface area contributed by atoms with Crippen LogP contribution in [-0.4, -0.2) is 20.4 Å². The van der Waals surface area contributed by atoms with Gasteiger partial charge >= 0.3 is 0 Å². The van der Waals surface area contributed by atoms with Crippen molar-refractivity contribution in [2.75, 3.05) is 5.88 Å². The molecule has 3 rings (SSSR count). The highest BCUT2D eigenvalue weighted by Gasteiger charge is 2.17. The fourth-order valence-corrected chi connectivity index (χ4v) is 2.89. The fourth-order valence-electron chi connectivity index (χ4n) is 2.72. The number of benzene rings is 1. The second-order valence-corrected chi connectivity index (χ2v) is 5.67. The van der Waals surface area contributed by atoms with Crippen LogP contribution in [0.4, 0.5) is 0 Å². The Morgan fingerprint density at radius 3 is 2.86 bits per heavy atom. The molecule has 0 aliphatic carbocycles. The smallest absolute Gasteiger partial charge is 0.111 e. The van der Waals surface area contributed by atoms with Gasteiger partial charge in [0.1, 0.15) is 5.82 Å². The topological polar surface area (TPSA) is 30.7 Å². The van der Waals surface area contributed by atoms with Crippen LogP contribution in [0.1, 0.15) is 29.9 Å². The van der Waals surface area contributed by atoms with Crippen LogP contribution >= 0.6 is 11.6 Å². The molecule has 0 amide bonds. The maximum atomic E-state index is 5.95. The molecule has 1 atom stereocenters. The molecule has 0 aliphatic heterocycles. The summed E-state index contributed by atoms with van der Waals surface area (Å²) < 4.78 is 2.27. The lowest BCUT2D eigenvalue weighted by Gasteiger charge is -2.17. The summed E-state index contributed by atoms with van der Waals surface area (Å²) in [7, 11) is 0. The molecule has 108 valence electrons. The van der Waals surface area contributed by atoms with E-state index in [1.165, 1.54) is 11.1 Å². The predicted octanol–water partition coefficient (Wildman–Crippen LogP) is 4.13. The highest BCUT2D eigenvalue weighted by atomic mass is 35.5. The maximum absolute atomic E-state index is 5.95. The van der Waals surface area contributed by atoms with E-state index in [2.05, 4.69) is 47.7 Å². The SMILES string of the molecule is Cc1ccc2c(c1)nc(CCCl)n2C(C)c1cccnc1. The van der Waals surface area contributed by atoms with Gasteiger partial charge in [-0.15, -0.1) is 11.6 Å². The molecule has 2 heterocycles. The van der Waals surface area contributed by atoms with Crippen LogP contribution in [0.15, 0.2) is 42.7 Å². The Bertz CT molecular complexity index is 749. The van der Waals surface area contributed by atoms with Gasteiger partial charge in [-0.3, -0.25) is 4.98 Å². The summed E-state index contributed by atoms with van der Waals surface area (Å²) in [6.45, 7) is 4.26. The van der Waals surface area contributed by atoms with E-state index in [0.717, 1.165) is 23.3 Å². The predicted molar refractivity (Wildman–Crippen MR) is 86.9 cm³/mol. The van der Waals surface area contributed by atoms with Crippen LogP contribution in [0.3, 0.4) is 0 Å². The number of nitrogens with zero attached hydrogens (tertiary/aromatic N) is 3. The first kappa shape index (κ1) is 14.1. The minimum absolute atomic E-state index is 0.185. The Kier molecular flexibility index (Phi) is 3.93. The maximum Gasteiger partial charge on any atom is 0.111 e. The zero-order valence-corrected chi connectivity index (χ0v) is 13.0. The van der Waals surface area contributed by atoms with Gasteiger partial charge in [0.15, 0.2) is 0 Å². The highest BCUT2D eigenvalue weighted by Crippen LogP contribution is 2.26. The Balaban J connectivity index is 2.17. The summed E-state index contributed by atoms with van der Waals surface area (Å²) >= 11 is 5.95. The molecule has 4 heteroatoms. The number of hydrogen-bond donors (Lipinski definition) is 0. The standard InChI is InChI=1S/C17H18ClN3/c1-12-5-6-16-15(10-12)20-17(7-8-18)21(16)13(2)14-4-3-9-19-11-14/h3-6,9-11,13H,7-8H2,1-2H3. The van der Waals surface area contributed by atoms with Crippen molar-refractivity contribution >= 4 is 22.6 Å². The quantitative estimate of drug-likeness (QED) is 0.678. The van der Waals surface area contributed by atoms with Crippen LogP contribution in [0, 0.1) is 6.92 Å². The zero-order chi connectivity index (χ0) is 14.8. The Labute approximate surface area is 129 Å². The molecule has 0 saturated heterocycles. The average molecular weight is 300 g/mol. The number of rotatable bonds is 4. The van der Waals surface area contributed by atoms with E-state index < -0.39 is 0 Å². The molecule has 0 aliphatic rings. The number of aryl methyl sites for hydroxylation is 2. The summed E-state index contributed by atoms with van der Waals surface area (Å²) in [5.74, 6) is 1.60. The molecule has 1 aromatic carbocycles. The molecule has 0 saturated carbocycles. The third-order valence-electron chi connectivity index (χ3n) is 3.79. The molecule has 3 aromatic rings. The van der Waals surface area contributed by atoms with Crippen molar-refractivity contribution in [2.45, 2.75) is 26.3 Å². The zero-order valence-electron chi connectivity index (χ0n) is 12.3. The van der Waals surface area contributed by atoms with Crippen LogP contribution in [-0.2, 0) is 6.42 Å². The molecule has 0 radical (unpaired) electrons. The van der Waals surface area contributed by atoms with E-state index in [1.807, 2.05) is 12.3 Å². The summed E-state index contributed by atoms with van der Waals surface area (Å²) in [4.78, 5) is 8.99. The van der Waals surface area contributed by atoms with Crippen LogP contribution in [0.5, 0.6) is 0 Å². The second-order valence-electron chi connectivity index (χ2n) is 5.29. The molecule has 0 N–H and O–H groups in total. The van der Waals surface area contributed by atoms with Crippen molar-refractivity contribution in [1.82, 2.24) is 14.5 Å². The van der Waals surface area contributed by atoms with Gasteiger partial charge in [-0.25, -0.2) is 4.98 Å². The van der Waals surface area contributed by atoms with Crippen molar-refractivity contribution < 1.29 is 0 Å². The summed E-state index contributed by atoms with van der Waals surface area (Å²) in [6, 6.07) is 10.6. The van der Waals surface area contributed by atoms with Gasteiger partial charge in [0.05, 0.1) is 17.1 Å². The Morgan fingerprint density at radius 1 is 1.29 bits per heavy atom. The van der Waals surface area contributed by atoms with Gasteiger partial charge in [-0.1, -0.05) is 12.1 Å². The van der Waals surface area contributed by atoms with Gasteiger partial charge in [-0.05, 0) is 43.2 Å². The van der Waals surface area contributed by atoms with Crippen molar-refractivity contribution in [1.29, 1.82) is 0 Å². The van der Waals surface area contributed by atoms with Gasteiger partial charge in [0.25, 0.3) is 0 Å². The van der Waals surface area contributed by atoms with E-state index in [1.54, 1.807) is 6.20 Å². The molecule has 1 unspecified atom stereocenters. The number of hydrogen-bond acceptors (Lipinski definition) is 2. The lowest BCUT2D eigenvalue weighted by Crippen LogP contribution is -2.11. The van der Waals surface area contributed by atoms with Crippen molar-refractivity contribution in [2.24, 2.45) is 0 Å². The van der Waals surface area contributed by atoms with E-state index in [9.17, 15) is 0 Å². The number of pyridine rings is 1. The third kappa shape index (κ3) is 2.66. The van der Waals surface area contributed by atoms with Crippen LogP contribution in [0.25, 0.3) is 11.0 Å². The normalized spacial score (nSPS) is 12.7. The Morgan fingerprint density at radius 2 is 2.14 bits per heavy atom. The Hall–Kier alpha value is -1.87. The second kappa shape index (κ2) is 5.86. The third-order valence-corrected chi connectivity index (χ3v) is 3.98. The number of halogens is 1. The lowest BCUT2D eigenvalue weighted by molar-refractivity contribution is 0.621. The van der Waals surface area contributed by atoms with Crippen LogP contribution < -0.4 is 0 Å². The first-order valence-corrected chi connectivity index (χ1v) is 7.67. The molecule has 21 heavy (non-hydrogen) atoms. The molecule has 0 bridgehead atoms. The monoisotopic (exact) mass is 299 g/mol. The van der Waals surface area contributed by atoms with Crippen LogP contribution in [0.2, 0.25) is 0 Å². The van der Waals surface area contributed by atoms with Gasteiger partial charge in [0, 0.05) is 24.7 Å². The van der Waals surface area contributed by atoms with Gasteiger partial charge < -0.3 is 4.57 Å². The minimum Gasteiger partial charge on any atom is -0.321 e. The fraction of sp³-hybridized carbons (Fsp3) is 0.294. The molecule has 3 nitrogen and oxygen atoms in total. The number of fused-ring (bicyclic) bond motifs is 1. The molecular formula is C17H18ClN3. The first-order valence-electron chi connectivity index (χ1n) is 7.14. The molecule has 2 aromatic heterocycles. The van der Waals surface area contributed by atoms with Gasteiger partial charge in [0.2, 0.25) is 0 Å². The summed E-state index contributed by atoms with van der Waals surface area (Å²) in [5.41, 5.74) is 4.58. The number of imidazole rings is 1. The molecule has 0 spiro atoms. The van der Waals surface area contributed by atoms with Crippen molar-refractivity contribution in [3.63, 3.8) is 0 Å². The van der Waals surface area contributed by atoms with Crippen molar-refractivity contribution in [3.05, 3.63) is 59.7 Å².